The SMILES string of the molecule is Cc1nc(C(=O)N2CCCC[C@H]2CC(=O)OCC(=O)c2ccccc2Br)c(-c2ccc(F)cc2)s1. The van der Waals surface area contributed by atoms with E-state index in [1.807, 2.05) is 6.92 Å². The van der Waals surface area contributed by atoms with Gasteiger partial charge in [0.15, 0.2) is 6.61 Å². The van der Waals surface area contributed by atoms with E-state index in [0.29, 0.717) is 33.6 Å². The van der Waals surface area contributed by atoms with Gasteiger partial charge >= 0.3 is 5.97 Å². The minimum Gasteiger partial charge on any atom is -0.457 e. The van der Waals surface area contributed by atoms with Crippen LogP contribution in [-0.2, 0) is 9.53 Å². The number of ether oxygens (including phenoxy) is 1. The van der Waals surface area contributed by atoms with Crippen molar-refractivity contribution in [3.05, 3.63) is 75.1 Å². The van der Waals surface area contributed by atoms with E-state index in [-0.39, 0.29) is 36.6 Å². The maximum absolute atomic E-state index is 13.5. The third-order valence-corrected chi connectivity index (χ3v) is 7.58. The second kappa shape index (κ2) is 11.2. The molecule has 1 atom stereocenters. The van der Waals surface area contributed by atoms with Gasteiger partial charge in [-0.1, -0.05) is 46.3 Å². The molecule has 1 aromatic heterocycles. The highest BCUT2D eigenvalue weighted by Crippen LogP contribution is 2.33. The van der Waals surface area contributed by atoms with Crippen molar-refractivity contribution in [2.45, 2.75) is 38.6 Å². The van der Waals surface area contributed by atoms with E-state index >= 15 is 0 Å². The Morgan fingerprint density at radius 2 is 1.89 bits per heavy atom. The van der Waals surface area contributed by atoms with E-state index in [9.17, 15) is 18.8 Å². The second-order valence-electron chi connectivity index (χ2n) is 8.33. The Labute approximate surface area is 215 Å². The van der Waals surface area contributed by atoms with Gasteiger partial charge in [0.05, 0.1) is 16.3 Å². The van der Waals surface area contributed by atoms with Gasteiger partial charge in [0.2, 0.25) is 5.78 Å². The number of esters is 1. The molecule has 1 aliphatic rings. The van der Waals surface area contributed by atoms with E-state index in [1.165, 1.54) is 23.5 Å². The van der Waals surface area contributed by atoms with Crippen LogP contribution in [0.25, 0.3) is 10.4 Å². The summed E-state index contributed by atoms with van der Waals surface area (Å²) in [4.78, 5) is 45.4. The van der Waals surface area contributed by atoms with Crippen LogP contribution >= 0.6 is 27.3 Å². The van der Waals surface area contributed by atoms with Gasteiger partial charge in [-0.25, -0.2) is 9.37 Å². The summed E-state index contributed by atoms with van der Waals surface area (Å²) < 4.78 is 19.3. The van der Waals surface area contributed by atoms with Gasteiger partial charge in [-0.2, -0.15) is 0 Å². The molecule has 0 aliphatic carbocycles. The number of aromatic nitrogens is 1. The average molecular weight is 559 g/mol. The first-order chi connectivity index (χ1) is 16.8. The zero-order chi connectivity index (χ0) is 24.9. The van der Waals surface area contributed by atoms with Crippen LogP contribution in [0.15, 0.2) is 53.0 Å². The molecular formula is C26H24BrFN2O4S. The third-order valence-electron chi connectivity index (χ3n) is 5.87. The third kappa shape index (κ3) is 6.02. The molecule has 3 aromatic rings. The van der Waals surface area contributed by atoms with Gasteiger partial charge in [-0.15, -0.1) is 11.3 Å². The van der Waals surface area contributed by atoms with Crippen molar-refractivity contribution >= 4 is 44.9 Å². The number of thiazole rings is 1. The molecule has 6 nitrogen and oxygen atoms in total. The van der Waals surface area contributed by atoms with Gasteiger partial charge in [-0.3, -0.25) is 14.4 Å². The van der Waals surface area contributed by atoms with Crippen LogP contribution in [0.1, 0.15) is 51.5 Å². The van der Waals surface area contributed by atoms with Crippen LogP contribution in [0.5, 0.6) is 0 Å². The molecule has 182 valence electrons. The summed E-state index contributed by atoms with van der Waals surface area (Å²) in [7, 11) is 0. The Balaban J connectivity index is 1.45. The van der Waals surface area contributed by atoms with Crippen molar-refractivity contribution in [1.29, 1.82) is 0 Å². The topological polar surface area (TPSA) is 76.6 Å². The molecule has 1 saturated heterocycles. The monoisotopic (exact) mass is 558 g/mol. The zero-order valence-corrected chi connectivity index (χ0v) is 21.5. The number of ketones is 1. The molecule has 1 aliphatic heterocycles. The summed E-state index contributed by atoms with van der Waals surface area (Å²) in [6.45, 7) is 1.97. The summed E-state index contributed by atoms with van der Waals surface area (Å²) in [5, 5.41) is 0.728. The number of carbonyl (C=O) groups is 3. The molecule has 0 saturated carbocycles. The molecule has 1 fully saturated rings. The number of aryl methyl sites for hydroxylation is 1. The van der Waals surface area contributed by atoms with Gasteiger partial charge < -0.3 is 9.64 Å². The highest BCUT2D eigenvalue weighted by atomic mass is 79.9. The number of rotatable bonds is 7. The van der Waals surface area contributed by atoms with Crippen molar-refractivity contribution in [3.8, 4) is 10.4 Å². The number of likely N-dealkylation sites (tertiary alicyclic amines) is 1. The molecule has 0 unspecified atom stereocenters. The zero-order valence-electron chi connectivity index (χ0n) is 19.1. The van der Waals surface area contributed by atoms with Crippen molar-refractivity contribution in [3.63, 3.8) is 0 Å². The molecule has 0 spiro atoms. The highest BCUT2D eigenvalue weighted by molar-refractivity contribution is 9.10. The Bertz CT molecular complexity index is 1240. The molecule has 9 heteroatoms. The number of benzene rings is 2. The second-order valence-corrected chi connectivity index (χ2v) is 10.4. The molecule has 1 amide bonds. The fourth-order valence-corrected chi connectivity index (χ4v) is 5.57. The van der Waals surface area contributed by atoms with E-state index in [4.69, 9.17) is 4.74 Å². The quantitative estimate of drug-likeness (QED) is 0.269. The summed E-state index contributed by atoms with van der Waals surface area (Å²) in [6.07, 6.45) is 2.38. The minimum atomic E-state index is -0.525. The number of hydrogen-bond acceptors (Lipinski definition) is 6. The molecular weight excluding hydrogens is 535 g/mol. The number of hydrogen-bond donors (Lipinski definition) is 0. The molecule has 0 bridgehead atoms. The number of Topliss-reactive ketones (excluding diaryl/α,β-unsaturated/α-hetero) is 1. The molecule has 2 aromatic carbocycles. The highest BCUT2D eigenvalue weighted by Gasteiger charge is 2.32. The van der Waals surface area contributed by atoms with E-state index in [0.717, 1.165) is 23.4 Å². The normalized spacial score (nSPS) is 15.6. The van der Waals surface area contributed by atoms with Crippen molar-refractivity contribution in [2.75, 3.05) is 13.2 Å². The molecule has 4 rings (SSSR count). The first-order valence-electron chi connectivity index (χ1n) is 11.3. The molecule has 0 radical (unpaired) electrons. The predicted molar refractivity (Wildman–Crippen MR) is 135 cm³/mol. The van der Waals surface area contributed by atoms with Crippen LogP contribution in [0.4, 0.5) is 4.39 Å². The van der Waals surface area contributed by atoms with Crippen LogP contribution in [0, 0.1) is 12.7 Å². The fourth-order valence-electron chi connectivity index (χ4n) is 4.15. The first kappa shape index (κ1) is 25.2. The lowest BCUT2D eigenvalue weighted by atomic mass is 9.98. The Kier molecular flexibility index (Phi) is 8.07. The molecule has 2 heterocycles. The van der Waals surface area contributed by atoms with Crippen molar-refractivity contribution < 1.29 is 23.5 Å². The van der Waals surface area contributed by atoms with Gasteiger partial charge in [0.1, 0.15) is 11.5 Å². The van der Waals surface area contributed by atoms with E-state index in [2.05, 4.69) is 20.9 Å². The Morgan fingerprint density at radius 3 is 2.63 bits per heavy atom. The lowest BCUT2D eigenvalue weighted by molar-refractivity contribution is -0.143. The molecule has 0 N–H and O–H groups in total. The number of nitrogens with zero attached hydrogens (tertiary/aromatic N) is 2. The van der Waals surface area contributed by atoms with E-state index in [1.54, 1.807) is 41.3 Å². The van der Waals surface area contributed by atoms with Crippen LogP contribution in [-0.4, -0.2) is 46.7 Å². The van der Waals surface area contributed by atoms with Crippen LogP contribution < -0.4 is 0 Å². The lowest BCUT2D eigenvalue weighted by Crippen LogP contribution is -2.45. The first-order valence-corrected chi connectivity index (χ1v) is 12.9. The summed E-state index contributed by atoms with van der Waals surface area (Å²) >= 11 is 4.71. The van der Waals surface area contributed by atoms with Crippen molar-refractivity contribution in [1.82, 2.24) is 9.88 Å². The van der Waals surface area contributed by atoms with Crippen molar-refractivity contribution in [2.24, 2.45) is 0 Å². The Morgan fingerprint density at radius 1 is 1.14 bits per heavy atom. The molecule has 35 heavy (non-hydrogen) atoms. The average Bonchev–Trinajstić information content (AvgIpc) is 3.25. The number of carbonyl (C=O) groups excluding carboxylic acids is 3. The standard InChI is InChI=1S/C26H24BrFN2O4S/c1-16-29-24(25(35-16)17-9-11-18(28)12-10-17)26(33)30-13-5-4-6-19(30)14-23(32)34-15-22(31)20-7-2-3-8-21(20)27/h2-3,7-12,19H,4-6,13-15H2,1H3/t19-/m0/s1. The Hall–Kier alpha value is -2.91. The fraction of sp³-hybridized carbons (Fsp3) is 0.308. The number of amides is 1. The maximum Gasteiger partial charge on any atom is 0.308 e. The maximum atomic E-state index is 13.5. The van der Waals surface area contributed by atoms with Gasteiger partial charge in [0, 0.05) is 22.6 Å². The smallest absolute Gasteiger partial charge is 0.308 e. The predicted octanol–water partition coefficient (Wildman–Crippen LogP) is 5.83. The lowest BCUT2D eigenvalue weighted by Gasteiger charge is -2.35. The minimum absolute atomic E-state index is 0.00395. The van der Waals surface area contributed by atoms with Gasteiger partial charge in [0.25, 0.3) is 5.91 Å². The van der Waals surface area contributed by atoms with Crippen LogP contribution in [0.2, 0.25) is 0 Å². The van der Waals surface area contributed by atoms with E-state index < -0.39 is 5.97 Å². The largest absolute Gasteiger partial charge is 0.457 e. The van der Waals surface area contributed by atoms with Gasteiger partial charge in [-0.05, 0) is 49.9 Å². The number of piperidine rings is 1. The summed E-state index contributed by atoms with van der Waals surface area (Å²) in [6, 6.07) is 12.6. The summed E-state index contributed by atoms with van der Waals surface area (Å²) in [5.74, 6) is -1.43. The summed E-state index contributed by atoms with van der Waals surface area (Å²) in [5.41, 5.74) is 1.48. The number of halogens is 2. The van der Waals surface area contributed by atoms with Crippen LogP contribution in [0.3, 0.4) is 0 Å².